The molecule has 1 heterocycles. The van der Waals surface area contributed by atoms with Crippen molar-refractivity contribution in [1.29, 1.82) is 0 Å². The minimum atomic E-state index is 0.0456. The molecule has 18 heavy (non-hydrogen) atoms. The molecule has 0 atom stereocenters. The Morgan fingerprint density at radius 2 is 1.72 bits per heavy atom. The highest BCUT2D eigenvalue weighted by Gasteiger charge is 2.15. The van der Waals surface area contributed by atoms with E-state index in [1.54, 1.807) is 4.68 Å². The molecule has 3 nitrogen and oxygen atoms in total. The molecule has 1 aromatic carbocycles. The number of hydrogen-bond acceptors (Lipinski definition) is 2. The van der Waals surface area contributed by atoms with Crippen LogP contribution in [-0.2, 0) is 6.54 Å². The van der Waals surface area contributed by atoms with Crippen LogP contribution in [0, 0.1) is 20.8 Å². The summed E-state index contributed by atoms with van der Waals surface area (Å²) in [7, 11) is 0. The topological polar surface area (TPSA) is 34.9 Å². The molecule has 0 radical (unpaired) electrons. The molecule has 0 spiro atoms. The van der Waals surface area contributed by atoms with Crippen molar-refractivity contribution in [3.63, 3.8) is 0 Å². The van der Waals surface area contributed by atoms with E-state index in [-0.39, 0.29) is 5.78 Å². The van der Waals surface area contributed by atoms with Gasteiger partial charge in [-0.15, -0.1) is 0 Å². The number of rotatable bonds is 3. The lowest BCUT2D eigenvalue weighted by Crippen LogP contribution is -2.10. The van der Waals surface area contributed by atoms with Gasteiger partial charge in [0, 0.05) is 12.1 Å². The molecule has 0 aliphatic heterocycles. The zero-order valence-corrected chi connectivity index (χ0v) is 11.3. The van der Waals surface area contributed by atoms with E-state index in [0.29, 0.717) is 12.2 Å². The van der Waals surface area contributed by atoms with Crippen LogP contribution in [0.15, 0.2) is 24.3 Å². The van der Waals surface area contributed by atoms with Crippen LogP contribution in [0.2, 0.25) is 0 Å². The summed E-state index contributed by atoms with van der Waals surface area (Å²) < 4.78 is 1.76. The third kappa shape index (κ3) is 2.35. The van der Waals surface area contributed by atoms with Crippen molar-refractivity contribution in [1.82, 2.24) is 9.78 Å². The molecule has 1 aromatic heterocycles. The third-order valence-electron chi connectivity index (χ3n) is 2.92. The number of carbonyl (C=O) groups is 1. The number of ketones is 1. The average molecular weight is 242 g/mol. The highest BCUT2D eigenvalue weighted by atomic mass is 16.1. The van der Waals surface area contributed by atoms with Crippen molar-refractivity contribution in [3.05, 3.63) is 52.3 Å². The van der Waals surface area contributed by atoms with Gasteiger partial charge in [-0.1, -0.05) is 17.2 Å². The van der Waals surface area contributed by atoms with Crippen LogP contribution in [-0.4, -0.2) is 15.6 Å². The number of aryl methyl sites for hydroxylation is 4. The Morgan fingerprint density at radius 3 is 2.28 bits per heavy atom. The first-order chi connectivity index (χ1) is 8.51. The molecule has 0 unspecified atom stereocenters. The lowest BCUT2D eigenvalue weighted by molar-refractivity contribution is 0.102. The van der Waals surface area contributed by atoms with Gasteiger partial charge in [-0.25, -0.2) is 0 Å². The Morgan fingerprint density at radius 1 is 1.11 bits per heavy atom. The quantitative estimate of drug-likeness (QED) is 0.775. The zero-order valence-electron chi connectivity index (χ0n) is 11.3. The van der Waals surface area contributed by atoms with E-state index in [0.717, 1.165) is 22.4 Å². The molecule has 2 rings (SSSR count). The first-order valence-electron chi connectivity index (χ1n) is 6.18. The summed E-state index contributed by atoms with van der Waals surface area (Å²) in [6, 6.07) is 7.78. The summed E-state index contributed by atoms with van der Waals surface area (Å²) >= 11 is 0. The van der Waals surface area contributed by atoms with E-state index in [1.807, 2.05) is 45.9 Å². The highest BCUT2D eigenvalue weighted by Crippen LogP contribution is 2.15. The standard InChI is InChI=1S/C15H18N2O/c1-5-17-14(9-12(4)16-17)15(18)13-7-10(2)6-11(3)8-13/h6-9H,5H2,1-4H3. The second kappa shape index (κ2) is 4.77. The molecule has 0 N–H and O–H groups in total. The summed E-state index contributed by atoms with van der Waals surface area (Å²) in [6.07, 6.45) is 0. The fourth-order valence-electron chi connectivity index (χ4n) is 2.22. The van der Waals surface area contributed by atoms with Gasteiger partial charge in [-0.3, -0.25) is 9.48 Å². The van der Waals surface area contributed by atoms with Gasteiger partial charge < -0.3 is 0 Å². The number of hydrogen-bond donors (Lipinski definition) is 0. The molecule has 0 aliphatic carbocycles. The van der Waals surface area contributed by atoms with Gasteiger partial charge in [0.05, 0.1) is 5.69 Å². The largest absolute Gasteiger partial charge is 0.287 e. The summed E-state index contributed by atoms with van der Waals surface area (Å²) in [6.45, 7) is 8.62. The van der Waals surface area contributed by atoms with E-state index in [9.17, 15) is 4.79 Å². The van der Waals surface area contributed by atoms with Crippen LogP contribution in [0.4, 0.5) is 0 Å². The van der Waals surface area contributed by atoms with Gasteiger partial charge in [0.25, 0.3) is 0 Å². The molecule has 0 aliphatic rings. The number of benzene rings is 1. The predicted molar refractivity (Wildman–Crippen MR) is 72.0 cm³/mol. The maximum absolute atomic E-state index is 12.5. The van der Waals surface area contributed by atoms with E-state index >= 15 is 0 Å². The summed E-state index contributed by atoms with van der Waals surface area (Å²) in [4.78, 5) is 12.5. The first kappa shape index (κ1) is 12.6. The molecular formula is C15H18N2O. The van der Waals surface area contributed by atoms with Crippen LogP contribution in [0.3, 0.4) is 0 Å². The molecule has 3 heteroatoms. The lowest BCUT2D eigenvalue weighted by atomic mass is 10.0. The van der Waals surface area contributed by atoms with E-state index < -0.39 is 0 Å². The van der Waals surface area contributed by atoms with Crippen molar-refractivity contribution < 1.29 is 4.79 Å². The number of nitrogens with zero attached hydrogens (tertiary/aromatic N) is 2. The lowest BCUT2D eigenvalue weighted by Gasteiger charge is -2.06. The van der Waals surface area contributed by atoms with Crippen LogP contribution < -0.4 is 0 Å². The van der Waals surface area contributed by atoms with Crippen LogP contribution in [0.5, 0.6) is 0 Å². The Labute approximate surface area is 107 Å². The van der Waals surface area contributed by atoms with Gasteiger partial charge >= 0.3 is 0 Å². The minimum Gasteiger partial charge on any atom is -0.287 e. The van der Waals surface area contributed by atoms with E-state index in [1.165, 1.54) is 0 Å². The normalized spacial score (nSPS) is 10.7. The third-order valence-corrected chi connectivity index (χ3v) is 2.92. The van der Waals surface area contributed by atoms with E-state index in [2.05, 4.69) is 11.2 Å². The minimum absolute atomic E-state index is 0.0456. The van der Waals surface area contributed by atoms with Gasteiger partial charge in [-0.05, 0) is 45.9 Å². The maximum Gasteiger partial charge on any atom is 0.211 e. The average Bonchev–Trinajstić information content (AvgIpc) is 2.68. The predicted octanol–water partition coefficient (Wildman–Crippen LogP) is 3.06. The maximum atomic E-state index is 12.5. The SMILES string of the molecule is CCn1nc(C)cc1C(=O)c1cc(C)cc(C)c1. The second-order valence-electron chi connectivity index (χ2n) is 4.69. The monoisotopic (exact) mass is 242 g/mol. The van der Waals surface area contributed by atoms with Crippen molar-refractivity contribution in [3.8, 4) is 0 Å². The summed E-state index contributed by atoms with van der Waals surface area (Å²) in [5.74, 6) is 0.0456. The Bertz CT molecular complexity index is 576. The van der Waals surface area contributed by atoms with Crippen molar-refractivity contribution >= 4 is 5.78 Å². The highest BCUT2D eigenvalue weighted by molar-refractivity contribution is 6.08. The Hall–Kier alpha value is -1.90. The fourth-order valence-corrected chi connectivity index (χ4v) is 2.22. The van der Waals surface area contributed by atoms with Gasteiger partial charge in [0.2, 0.25) is 5.78 Å². The fraction of sp³-hybridized carbons (Fsp3) is 0.333. The van der Waals surface area contributed by atoms with Crippen LogP contribution >= 0.6 is 0 Å². The molecule has 0 bridgehead atoms. The number of carbonyl (C=O) groups excluding carboxylic acids is 1. The van der Waals surface area contributed by atoms with Crippen molar-refractivity contribution in [2.24, 2.45) is 0 Å². The summed E-state index contributed by atoms with van der Waals surface area (Å²) in [5, 5.41) is 4.32. The molecule has 0 saturated heterocycles. The zero-order chi connectivity index (χ0) is 13.3. The molecule has 2 aromatic rings. The molecule has 94 valence electrons. The molecule has 0 fully saturated rings. The smallest absolute Gasteiger partial charge is 0.211 e. The van der Waals surface area contributed by atoms with Gasteiger partial charge in [0.1, 0.15) is 5.69 Å². The van der Waals surface area contributed by atoms with Crippen molar-refractivity contribution in [2.75, 3.05) is 0 Å². The Kier molecular flexibility index (Phi) is 3.32. The van der Waals surface area contributed by atoms with Gasteiger partial charge in [-0.2, -0.15) is 5.10 Å². The van der Waals surface area contributed by atoms with Crippen LogP contribution in [0.1, 0.15) is 39.8 Å². The molecular weight excluding hydrogens is 224 g/mol. The second-order valence-corrected chi connectivity index (χ2v) is 4.69. The Balaban J connectivity index is 2.47. The number of aromatic nitrogens is 2. The van der Waals surface area contributed by atoms with Crippen molar-refractivity contribution in [2.45, 2.75) is 34.2 Å². The molecule has 0 amide bonds. The first-order valence-corrected chi connectivity index (χ1v) is 6.18. The van der Waals surface area contributed by atoms with E-state index in [4.69, 9.17) is 0 Å². The summed E-state index contributed by atoms with van der Waals surface area (Å²) in [5.41, 5.74) is 4.50. The van der Waals surface area contributed by atoms with Gasteiger partial charge in [0.15, 0.2) is 0 Å². The van der Waals surface area contributed by atoms with Crippen LogP contribution in [0.25, 0.3) is 0 Å². The molecule has 0 saturated carbocycles.